The molecule has 0 spiro atoms. The zero-order valence-electron chi connectivity index (χ0n) is 5.91. The summed E-state index contributed by atoms with van der Waals surface area (Å²) in [4.78, 5) is 9.49. The van der Waals surface area contributed by atoms with E-state index in [-0.39, 0.29) is 13.2 Å². The van der Waals surface area contributed by atoms with Crippen molar-refractivity contribution >= 4 is 6.16 Å². The van der Waals surface area contributed by atoms with Gasteiger partial charge in [-0.2, -0.15) is 0 Å². The SMILES string of the molecule is C=CCOC(=O)O.CCO. The van der Waals surface area contributed by atoms with E-state index in [9.17, 15) is 4.79 Å². The highest BCUT2D eigenvalue weighted by Gasteiger charge is 1.87. The second-order valence-corrected chi connectivity index (χ2v) is 1.18. The molecule has 0 aromatic heterocycles. The van der Waals surface area contributed by atoms with Crippen molar-refractivity contribution in [1.29, 1.82) is 0 Å². The van der Waals surface area contributed by atoms with Gasteiger partial charge >= 0.3 is 6.16 Å². The maximum absolute atomic E-state index is 9.49. The minimum absolute atomic E-state index is 0.0648. The number of hydrogen-bond donors (Lipinski definition) is 2. The Hall–Kier alpha value is -1.03. The quantitative estimate of drug-likeness (QED) is 0.450. The predicted octanol–water partition coefficient (Wildman–Crippen LogP) is 0.866. The summed E-state index contributed by atoms with van der Waals surface area (Å²) in [5, 5.41) is 15.3. The van der Waals surface area contributed by atoms with E-state index in [1.165, 1.54) is 6.08 Å². The van der Waals surface area contributed by atoms with Crippen LogP contribution in [0.4, 0.5) is 4.79 Å². The Morgan fingerprint density at radius 2 is 2.20 bits per heavy atom. The van der Waals surface area contributed by atoms with Crippen LogP contribution in [0.15, 0.2) is 12.7 Å². The molecular weight excluding hydrogens is 136 g/mol. The second-order valence-electron chi connectivity index (χ2n) is 1.18. The van der Waals surface area contributed by atoms with Crippen LogP contribution in [0, 0.1) is 0 Å². The minimum Gasteiger partial charge on any atom is -0.450 e. The smallest absolute Gasteiger partial charge is 0.450 e. The zero-order chi connectivity index (χ0) is 8.41. The van der Waals surface area contributed by atoms with Crippen molar-refractivity contribution in [2.24, 2.45) is 0 Å². The average molecular weight is 148 g/mol. The predicted molar refractivity (Wildman–Crippen MR) is 36.9 cm³/mol. The number of carboxylic acid groups (broad SMARTS) is 1. The maximum Gasteiger partial charge on any atom is 0.506 e. The van der Waals surface area contributed by atoms with E-state index in [4.69, 9.17) is 10.2 Å². The summed E-state index contributed by atoms with van der Waals surface area (Å²) in [6.07, 6.45) is 0.105. The lowest BCUT2D eigenvalue weighted by Gasteiger charge is -1.88. The molecule has 0 aliphatic heterocycles. The van der Waals surface area contributed by atoms with E-state index in [0.717, 1.165) is 0 Å². The minimum atomic E-state index is -1.26. The first-order valence-corrected chi connectivity index (χ1v) is 2.76. The van der Waals surface area contributed by atoms with Gasteiger partial charge in [-0.1, -0.05) is 12.7 Å². The fourth-order valence-electron chi connectivity index (χ4n) is 0.130. The van der Waals surface area contributed by atoms with Gasteiger partial charge in [-0.3, -0.25) is 0 Å². The van der Waals surface area contributed by atoms with Crippen LogP contribution in [-0.4, -0.2) is 29.6 Å². The molecule has 0 aliphatic rings. The molecule has 0 bridgehead atoms. The Labute approximate surface area is 59.7 Å². The van der Waals surface area contributed by atoms with Crippen LogP contribution in [0.1, 0.15) is 6.92 Å². The highest BCUT2D eigenvalue weighted by Crippen LogP contribution is 1.73. The number of aliphatic hydroxyl groups excluding tert-OH is 1. The Kier molecular flexibility index (Phi) is 12.7. The van der Waals surface area contributed by atoms with Crippen LogP contribution in [0.5, 0.6) is 0 Å². The number of aliphatic hydroxyl groups is 1. The van der Waals surface area contributed by atoms with Crippen molar-refractivity contribution in [3.8, 4) is 0 Å². The van der Waals surface area contributed by atoms with Gasteiger partial charge in [0.15, 0.2) is 0 Å². The first kappa shape index (κ1) is 11.7. The molecule has 0 fully saturated rings. The van der Waals surface area contributed by atoms with Crippen LogP contribution in [0.3, 0.4) is 0 Å². The van der Waals surface area contributed by atoms with Gasteiger partial charge in [0, 0.05) is 6.61 Å². The van der Waals surface area contributed by atoms with Crippen molar-refractivity contribution < 1.29 is 19.7 Å². The highest BCUT2D eigenvalue weighted by atomic mass is 16.7. The summed E-state index contributed by atoms with van der Waals surface area (Å²) in [5.74, 6) is 0. The van der Waals surface area contributed by atoms with Gasteiger partial charge in [-0.25, -0.2) is 4.79 Å². The molecule has 0 aromatic carbocycles. The molecule has 0 aromatic rings. The summed E-state index contributed by atoms with van der Waals surface area (Å²) >= 11 is 0. The topological polar surface area (TPSA) is 66.8 Å². The highest BCUT2D eigenvalue weighted by molar-refractivity contribution is 5.56. The standard InChI is InChI=1S/C4H6O3.C2H6O/c1-2-3-7-4(5)6;1-2-3/h2H,1,3H2,(H,5,6);3H,2H2,1H3. The molecule has 4 nitrogen and oxygen atoms in total. The molecule has 0 heterocycles. The van der Waals surface area contributed by atoms with Crippen molar-refractivity contribution in [2.45, 2.75) is 6.92 Å². The van der Waals surface area contributed by atoms with Gasteiger partial charge in [0.05, 0.1) is 0 Å². The largest absolute Gasteiger partial charge is 0.506 e. The number of rotatable bonds is 2. The van der Waals surface area contributed by atoms with Crippen molar-refractivity contribution in [1.82, 2.24) is 0 Å². The molecule has 0 rings (SSSR count). The molecule has 0 saturated heterocycles. The molecule has 0 unspecified atom stereocenters. The third-order valence-corrected chi connectivity index (χ3v) is 0.325. The summed E-state index contributed by atoms with van der Waals surface area (Å²) < 4.78 is 3.99. The summed E-state index contributed by atoms with van der Waals surface area (Å²) in [6, 6.07) is 0. The first-order valence-electron chi connectivity index (χ1n) is 2.76. The van der Waals surface area contributed by atoms with Gasteiger partial charge in [0.2, 0.25) is 0 Å². The van der Waals surface area contributed by atoms with Crippen molar-refractivity contribution in [2.75, 3.05) is 13.2 Å². The van der Waals surface area contributed by atoms with Crippen LogP contribution < -0.4 is 0 Å². The fraction of sp³-hybridized carbons (Fsp3) is 0.500. The van der Waals surface area contributed by atoms with Crippen molar-refractivity contribution in [3.63, 3.8) is 0 Å². The fourth-order valence-corrected chi connectivity index (χ4v) is 0.130. The monoisotopic (exact) mass is 148 g/mol. The average Bonchev–Trinajstić information content (AvgIpc) is 1.85. The summed E-state index contributed by atoms with van der Waals surface area (Å²) in [5.41, 5.74) is 0. The van der Waals surface area contributed by atoms with Gasteiger partial charge in [-0.15, -0.1) is 0 Å². The molecule has 0 atom stereocenters. The summed E-state index contributed by atoms with van der Waals surface area (Å²) in [7, 11) is 0. The van der Waals surface area contributed by atoms with Gasteiger partial charge in [0.1, 0.15) is 6.61 Å². The van der Waals surface area contributed by atoms with Gasteiger partial charge < -0.3 is 14.9 Å². The second kappa shape index (κ2) is 10.9. The molecular formula is C6H12O4. The molecule has 0 aliphatic carbocycles. The molecule has 60 valence electrons. The van der Waals surface area contributed by atoms with E-state index >= 15 is 0 Å². The molecule has 0 amide bonds. The number of carbonyl (C=O) groups is 1. The lowest BCUT2D eigenvalue weighted by Crippen LogP contribution is -1.98. The third kappa shape index (κ3) is 28.2. The number of hydrogen-bond acceptors (Lipinski definition) is 3. The first-order chi connectivity index (χ1) is 4.68. The third-order valence-electron chi connectivity index (χ3n) is 0.325. The normalized spacial score (nSPS) is 7.00. The van der Waals surface area contributed by atoms with Crippen LogP contribution in [0.25, 0.3) is 0 Å². The lowest BCUT2D eigenvalue weighted by atomic mass is 10.7. The Morgan fingerprint density at radius 1 is 1.80 bits per heavy atom. The van der Waals surface area contributed by atoms with E-state index in [1.807, 2.05) is 0 Å². The van der Waals surface area contributed by atoms with E-state index < -0.39 is 6.16 Å². The van der Waals surface area contributed by atoms with Crippen molar-refractivity contribution in [3.05, 3.63) is 12.7 Å². The Bertz CT molecular complexity index is 89.7. The van der Waals surface area contributed by atoms with E-state index in [2.05, 4.69) is 11.3 Å². The van der Waals surface area contributed by atoms with Crippen LogP contribution in [-0.2, 0) is 4.74 Å². The lowest BCUT2D eigenvalue weighted by molar-refractivity contribution is 0.102. The number of ether oxygens (including phenoxy) is 1. The van der Waals surface area contributed by atoms with E-state index in [1.54, 1.807) is 6.92 Å². The van der Waals surface area contributed by atoms with Crippen LogP contribution in [0.2, 0.25) is 0 Å². The molecule has 4 heteroatoms. The van der Waals surface area contributed by atoms with E-state index in [0.29, 0.717) is 0 Å². The molecule has 2 N–H and O–H groups in total. The zero-order valence-corrected chi connectivity index (χ0v) is 5.91. The Balaban J connectivity index is 0. The van der Waals surface area contributed by atoms with Gasteiger partial charge in [-0.05, 0) is 6.92 Å². The molecule has 10 heavy (non-hydrogen) atoms. The Morgan fingerprint density at radius 3 is 2.30 bits per heavy atom. The molecule has 0 radical (unpaired) electrons. The summed E-state index contributed by atoms with van der Waals surface area (Å²) in [6.45, 7) is 5.24. The van der Waals surface area contributed by atoms with Crippen LogP contribution >= 0.6 is 0 Å². The molecule has 0 saturated carbocycles. The van der Waals surface area contributed by atoms with Gasteiger partial charge in [0.25, 0.3) is 0 Å². The maximum atomic E-state index is 9.49.